The number of hydrogen-bond acceptors (Lipinski definition) is 2. The maximum Gasteiger partial charge on any atom is 0.238 e. The Morgan fingerprint density at radius 3 is 2.53 bits per heavy atom. The van der Waals surface area contributed by atoms with Gasteiger partial charge in [-0.15, -0.1) is 0 Å². The summed E-state index contributed by atoms with van der Waals surface area (Å²) in [5.74, 6) is 0.332. The Kier molecular flexibility index (Phi) is 7.11. The van der Waals surface area contributed by atoms with E-state index in [0.717, 1.165) is 18.9 Å². The smallest absolute Gasteiger partial charge is 0.238 e. The fourth-order valence-electron chi connectivity index (χ4n) is 1.74. The summed E-state index contributed by atoms with van der Waals surface area (Å²) in [6, 6.07) is 5.76. The van der Waals surface area contributed by atoms with Gasteiger partial charge in [-0.05, 0) is 43.1 Å². The molecule has 1 amide bonds. The molecule has 0 heterocycles. The number of nitrogens with one attached hydrogen (secondary N) is 2. The Balaban J connectivity index is 2.09. The van der Waals surface area contributed by atoms with Crippen LogP contribution in [0.5, 0.6) is 0 Å². The lowest BCUT2D eigenvalue weighted by molar-refractivity contribution is -0.115. The van der Waals surface area contributed by atoms with E-state index in [1.807, 2.05) is 0 Å². The van der Waals surface area contributed by atoms with Crippen molar-refractivity contribution in [1.29, 1.82) is 0 Å². The lowest BCUT2D eigenvalue weighted by Gasteiger charge is -2.07. The van der Waals surface area contributed by atoms with Gasteiger partial charge in [0, 0.05) is 5.69 Å². The molecule has 3 nitrogen and oxygen atoms in total. The lowest BCUT2D eigenvalue weighted by Crippen LogP contribution is -2.28. The standard InChI is InChI=1S/C15H23FN2O/c1-12(2)5-3-4-10-17-11-15(19)18-14-8-6-13(16)7-9-14/h6-9,12,17H,3-5,10-11H2,1-2H3,(H,18,19). The zero-order chi connectivity index (χ0) is 14.1. The van der Waals surface area contributed by atoms with Crippen LogP contribution < -0.4 is 10.6 Å². The summed E-state index contributed by atoms with van der Waals surface area (Å²) in [7, 11) is 0. The van der Waals surface area contributed by atoms with Crippen molar-refractivity contribution in [2.24, 2.45) is 5.92 Å². The zero-order valence-electron chi connectivity index (χ0n) is 11.7. The summed E-state index contributed by atoms with van der Waals surface area (Å²) in [6.45, 7) is 5.57. The van der Waals surface area contributed by atoms with Crippen molar-refractivity contribution >= 4 is 11.6 Å². The van der Waals surface area contributed by atoms with Gasteiger partial charge in [-0.1, -0.05) is 26.7 Å². The van der Waals surface area contributed by atoms with Crippen molar-refractivity contribution in [3.63, 3.8) is 0 Å². The van der Waals surface area contributed by atoms with Crippen LogP contribution in [0.15, 0.2) is 24.3 Å². The molecule has 0 fully saturated rings. The van der Waals surface area contributed by atoms with E-state index in [2.05, 4.69) is 24.5 Å². The molecule has 2 N–H and O–H groups in total. The second-order valence-electron chi connectivity index (χ2n) is 5.12. The highest BCUT2D eigenvalue weighted by Crippen LogP contribution is 2.07. The second-order valence-corrected chi connectivity index (χ2v) is 5.12. The molecular formula is C15H23FN2O. The van der Waals surface area contributed by atoms with Crippen LogP contribution >= 0.6 is 0 Å². The first-order valence-electron chi connectivity index (χ1n) is 6.84. The number of amides is 1. The molecule has 0 aliphatic rings. The van der Waals surface area contributed by atoms with E-state index in [1.54, 1.807) is 12.1 Å². The Labute approximate surface area is 114 Å². The van der Waals surface area contributed by atoms with Crippen LogP contribution in [-0.2, 0) is 4.79 Å². The van der Waals surface area contributed by atoms with E-state index in [0.29, 0.717) is 12.2 Å². The molecule has 0 saturated carbocycles. The van der Waals surface area contributed by atoms with E-state index in [9.17, 15) is 9.18 Å². The van der Waals surface area contributed by atoms with E-state index in [-0.39, 0.29) is 11.7 Å². The van der Waals surface area contributed by atoms with Crippen molar-refractivity contribution in [1.82, 2.24) is 5.32 Å². The SMILES string of the molecule is CC(C)CCCCNCC(=O)Nc1ccc(F)cc1. The van der Waals surface area contributed by atoms with Gasteiger partial charge in [0.15, 0.2) is 0 Å². The van der Waals surface area contributed by atoms with Gasteiger partial charge >= 0.3 is 0 Å². The molecule has 0 aliphatic heterocycles. The van der Waals surface area contributed by atoms with Gasteiger partial charge in [0.25, 0.3) is 0 Å². The molecule has 0 bridgehead atoms. The fraction of sp³-hybridized carbons (Fsp3) is 0.533. The lowest BCUT2D eigenvalue weighted by atomic mass is 10.1. The molecule has 0 saturated heterocycles. The number of carbonyl (C=O) groups is 1. The summed E-state index contributed by atoms with van der Waals surface area (Å²) in [5.41, 5.74) is 0.619. The predicted molar refractivity (Wildman–Crippen MR) is 76.6 cm³/mol. The molecule has 4 heteroatoms. The van der Waals surface area contributed by atoms with Gasteiger partial charge < -0.3 is 10.6 Å². The minimum atomic E-state index is -0.304. The third-order valence-electron chi connectivity index (χ3n) is 2.80. The Morgan fingerprint density at radius 1 is 1.21 bits per heavy atom. The van der Waals surface area contributed by atoms with Crippen molar-refractivity contribution in [3.05, 3.63) is 30.1 Å². The van der Waals surface area contributed by atoms with Crippen LogP contribution in [0.2, 0.25) is 0 Å². The highest BCUT2D eigenvalue weighted by atomic mass is 19.1. The average Bonchev–Trinajstić information content (AvgIpc) is 2.36. The first kappa shape index (κ1) is 15.6. The van der Waals surface area contributed by atoms with E-state index >= 15 is 0 Å². The Hall–Kier alpha value is -1.42. The van der Waals surface area contributed by atoms with Crippen LogP contribution in [0.25, 0.3) is 0 Å². The normalized spacial score (nSPS) is 10.7. The molecule has 0 atom stereocenters. The molecular weight excluding hydrogens is 243 g/mol. The van der Waals surface area contributed by atoms with Crippen molar-refractivity contribution in [2.45, 2.75) is 33.1 Å². The number of unbranched alkanes of at least 4 members (excludes halogenated alkanes) is 1. The van der Waals surface area contributed by atoms with Gasteiger partial charge in [-0.2, -0.15) is 0 Å². The first-order valence-corrected chi connectivity index (χ1v) is 6.84. The molecule has 106 valence electrons. The monoisotopic (exact) mass is 266 g/mol. The van der Waals surface area contributed by atoms with E-state index < -0.39 is 0 Å². The second kappa shape index (κ2) is 8.64. The number of benzene rings is 1. The average molecular weight is 266 g/mol. The van der Waals surface area contributed by atoms with Gasteiger partial charge in [-0.25, -0.2) is 4.39 Å². The first-order chi connectivity index (χ1) is 9.08. The van der Waals surface area contributed by atoms with Crippen LogP contribution in [0.4, 0.5) is 10.1 Å². The molecule has 1 rings (SSSR count). The Bertz CT molecular complexity index is 376. The molecule has 19 heavy (non-hydrogen) atoms. The van der Waals surface area contributed by atoms with Crippen LogP contribution in [0.3, 0.4) is 0 Å². The molecule has 0 radical (unpaired) electrons. The topological polar surface area (TPSA) is 41.1 Å². The summed E-state index contributed by atoms with van der Waals surface area (Å²) >= 11 is 0. The van der Waals surface area contributed by atoms with Gasteiger partial charge in [0.1, 0.15) is 5.82 Å². The molecule has 0 spiro atoms. The minimum Gasteiger partial charge on any atom is -0.325 e. The molecule has 1 aromatic carbocycles. The van der Waals surface area contributed by atoms with Crippen molar-refractivity contribution in [3.8, 4) is 0 Å². The fourth-order valence-corrected chi connectivity index (χ4v) is 1.74. The van der Waals surface area contributed by atoms with E-state index in [4.69, 9.17) is 0 Å². The zero-order valence-corrected chi connectivity index (χ0v) is 11.7. The largest absolute Gasteiger partial charge is 0.325 e. The van der Waals surface area contributed by atoms with Crippen molar-refractivity contribution < 1.29 is 9.18 Å². The highest BCUT2D eigenvalue weighted by molar-refractivity contribution is 5.92. The summed E-state index contributed by atoms with van der Waals surface area (Å²) in [4.78, 5) is 11.6. The van der Waals surface area contributed by atoms with Gasteiger partial charge in [0.2, 0.25) is 5.91 Å². The summed E-state index contributed by atoms with van der Waals surface area (Å²) in [5, 5.41) is 5.81. The third-order valence-corrected chi connectivity index (χ3v) is 2.80. The maximum atomic E-state index is 12.7. The molecule has 1 aromatic rings. The third kappa shape index (κ3) is 7.57. The van der Waals surface area contributed by atoms with E-state index in [1.165, 1.54) is 25.0 Å². The molecule has 0 unspecified atom stereocenters. The Morgan fingerprint density at radius 2 is 1.89 bits per heavy atom. The van der Waals surface area contributed by atoms with Gasteiger partial charge in [-0.3, -0.25) is 4.79 Å². The highest BCUT2D eigenvalue weighted by Gasteiger charge is 2.01. The minimum absolute atomic E-state index is 0.101. The maximum absolute atomic E-state index is 12.7. The number of halogens is 1. The molecule has 0 aliphatic carbocycles. The molecule has 0 aromatic heterocycles. The number of carbonyl (C=O) groups excluding carboxylic acids is 1. The van der Waals surface area contributed by atoms with Gasteiger partial charge in [0.05, 0.1) is 6.54 Å². The van der Waals surface area contributed by atoms with Crippen LogP contribution in [-0.4, -0.2) is 19.0 Å². The van der Waals surface area contributed by atoms with Crippen LogP contribution in [0.1, 0.15) is 33.1 Å². The summed E-state index contributed by atoms with van der Waals surface area (Å²) in [6.07, 6.45) is 3.50. The quantitative estimate of drug-likeness (QED) is 0.710. The van der Waals surface area contributed by atoms with Crippen LogP contribution in [0, 0.1) is 11.7 Å². The number of rotatable bonds is 8. The number of anilines is 1. The predicted octanol–water partition coefficient (Wildman–Crippen LogP) is 3.18. The number of hydrogen-bond donors (Lipinski definition) is 2. The summed E-state index contributed by atoms with van der Waals surface area (Å²) < 4.78 is 12.7. The van der Waals surface area contributed by atoms with Crippen molar-refractivity contribution in [2.75, 3.05) is 18.4 Å².